The molecule has 2 fully saturated rings. The minimum atomic E-state index is -1.11. The first-order valence-corrected chi connectivity index (χ1v) is 13.8. The van der Waals surface area contributed by atoms with Crippen LogP contribution in [0, 0.1) is 11.3 Å². The molecule has 0 unspecified atom stereocenters. The zero-order valence-electron chi connectivity index (χ0n) is 20.8. The number of benzene rings is 1. The fourth-order valence-electron chi connectivity index (χ4n) is 5.56. The highest BCUT2D eigenvalue weighted by Crippen LogP contribution is 2.53. The van der Waals surface area contributed by atoms with Gasteiger partial charge in [-0.25, -0.2) is 0 Å². The van der Waals surface area contributed by atoms with E-state index in [1.165, 1.54) is 0 Å². The minimum absolute atomic E-state index is 0.0404. The average molecular weight is 501 g/mol. The van der Waals surface area contributed by atoms with Crippen molar-refractivity contribution in [2.24, 2.45) is 11.3 Å². The lowest BCUT2D eigenvalue weighted by Crippen LogP contribution is -2.44. The predicted octanol–water partition coefficient (Wildman–Crippen LogP) is 4.02. The number of methoxy groups -OCH3 is 1. The van der Waals surface area contributed by atoms with Crippen LogP contribution in [-0.4, -0.2) is 65.9 Å². The summed E-state index contributed by atoms with van der Waals surface area (Å²) in [6.07, 6.45) is 6.25. The van der Waals surface area contributed by atoms with Gasteiger partial charge in [0.05, 0.1) is 26.2 Å². The van der Waals surface area contributed by atoms with Crippen molar-refractivity contribution in [3.8, 4) is 5.75 Å². The smallest absolute Gasteiger partial charge is 0.318 e. The summed E-state index contributed by atoms with van der Waals surface area (Å²) in [5.41, 5.74) is 0.559. The van der Waals surface area contributed by atoms with E-state index in [9.17, 15) is 14.4 Å². The summed E-state index contributed by atoms with van der Waals surface area (Å²) < 4.78 is 10.9. The van der Waals surface area contributed by atoms with Crippen LogP contribution in [0.4, 0.5) is 0 Å². The Morgan fingerprint density at radius 1 is 1.11 bits per heavy atom. The van der Waals surface area contributed by atoms with Crippen molar-refractivity contribution in [1.82, 2.24) is 9.80 Å². The molecule has 0 saturated carbocycles. The van der Waals surface area contributed by atoms with Gasteiger partial charge in [-0.3, -0.25) is 14.4 Å². The summed E-state index contributed by atoms with van der Waals surface area (Å²) in [5, 5.41) is 0. The van der Waals surface area contributed by atoms with E-state index in [1.807, 2.05) is 40.9 Å². The van der Waals surface area contributed by atoms with Crippen molar-refractivity contribution < 1.29 is 23.9 Å². The molecule has 2 heterocycles. The number of hydrogen-bond acceptors (Lipinski definition) is 6. The van der Waals surface area contributed by atoms with E-state index in [1.54, 1.807) is 18.9 Å². The van der Waals surface area contributed by atoms with E-state index in [0.717, 1.165) is 54.2 Å². The molecule has 1 aromatic rings. The number of amides is 2. The molecule has 1 aliphatic carbocycles. The highest BCUT2D eigenvalue weighted by Gasteiger charge is 2.61. The van der Waals surface area contributed by atoms with Crippen LogP contribution in [0.3, 0.4) is 0 Å². The second kappa shape index (κ2) is 11.5. The molecule has 2 aliphatic heterocycles. The molecule has 3 aliphatic rings. The molecule has 35 heavy (non-hydrogen) atoms. The molecule has 0 aromatic heterocycles. The number of likely N-dealkylation sites (tertiary alicyclic amines) is 1. The summed E-state index contributed by atoms with van der Waals surface area (Å²) in [6, 6.07) is 7.61. The second-order valence-electron chi connectivity index (χ2n) is 9.40. The summed E-state index contributed by atoms with van der Waals surface area (Å²) in [4.78, 5) is 44.6. The maximum absolute atomic E-state index is 14.0. The number of esters is 1. The van der Waals surface area contributed by atoms with Crippen LogP contribution >= 0.6 is 11.8 Å². The Kier molecular flexibility index (Phi) is 8.42. The lowest BCUT2D eigenvalue weighted by Gasteiger charge is -2.35. The average Bonchev–Trinajstić information content (AvgIpc) is 3.07. The number of allylic oxidation sites excluding steroid dienone is 1. The Hall–Kier alpha value is -2.48. The fourth-order valence-corrected chi connectivity index (χ4v) is 6.46. The fraction of sp³-hybridized carbons (Fsp3) is 0.593. The van der Waals surface area contributed by atoms with Gasteiger partial charge in [-0.2, -0.15) is 11.8 Å². The van der Waals surface area contributed by atoms with Crippen molar-refractivity contribution >= 4 is 29.5 Å². The van der Waals surface area contributed by atoms with Crippen molar-refractivity contribution in [3.05, 3.63) is 41.6 Å². The van der Waals surface area contributed by atoms with Gasteiger partial charge in [-0.15, -0.1) is 0 Å². The van der Waals surface area contributed by atoms with Gasteiger partial charge in [0.25, 0.3) is 0 Å². The standard InChI is InChI=1S/C27H36N2O5S/c1-3-34-26(32)27-13-7-5-4-6-8-23(27)29(19-20-9-11-21(33-2)12-10-20)25(31)22(27)18-24(30)28-14-16-35-17-15-28/h8-12,22H,3-7,13-19H2,1-2H3/b23-8+/t22-,27+/m1/s1. The molecular weight excluding hydrogens is 464 g/mol. The number of carbonyl (C=O) groups is 3. The molecule has 190 valence electrons. The monoisotopic (exact) mass is 500 g/mol. The lowest BCUT2D eigenvalue weighted by molar-refractivity contribution is -0.158. The molecule has 2 atom stereocenters. The number of carbonyl (C=O) groups excluding carboxylic acids is 3. The number of ether oxygens (including phenoxy) is 2. The molecule has 8 heteroatoms. The normalized spacial score (nSPS) is 26.3. The molecule has 0 spiro atoms. The number of nitrogens with zero attached hydrogens (tertiary/aromatic N) is 2. The number of hydrogen-bond donors (Lipinski definition) is 0. The third-order valence-electron chi connectivity index (χ3n) is 7.40. The first-order valence-electron chi connectivity index (χ1n) is 12.7. The van der Waals surface area contributed by atoms with Crippen LogP contribution < -0.4 is 4.74 Å². The van der Waals surface area contributed by atoms with E-state index >= 15 is 0 Å². The van der Waals surface area contributed by atoms with Gasteiger partial charge in [0.1, 0.15) is 11.2 Å². The Labute approximate surface area is 212 Å². The third kappa shape index (κ3) is 5.22. The van der Waals surface area contributed by atoms with Crippen LogP contribution in [0.15, 0.2) is 36.0 Å². The van der Waals surface area contributed by atoms with Crippen LogP contribution in [0.2, 0.25) is 0 Å². The molecule has 7 nitrogen and oxygen atoms in total. The van der Waals surface area contributed by atoms with Gasteiger partial charge < -0.3 is 19.3 Å². The van der Waals surface area contributed by atoms with Crippen molar-refractivity contribution in [3.63, 3.8) is 0 Å². The maximum atomic E-state index is 14.0. The zero-order chi connectivity index (χ0) is 24.8. The first-order chi connectivity index (χ1) is 17.0. The predicted molar refractivity (Wildman–Crippen MR) is 136 cm³/mol. The number of rotatable bonds is 7. The van der Waals surface area contributed by atoms with Gasteiger partial charge in [0, 0.05) is 36.7 Å². The summed E-state index contributed by atoms with van der Waals surface area (Å²) in [5.74, 6) is 1.25. The van der Waals surface area contributed by atoms with E-state index in [4.69, 9.17) is 9.47 Å². The van der Waals surface area contributed by atoms with Crippen LogP contribution in [-0.2, 0) is 25.7 Å². The van der Waals surface area contributed by atoms with Gasteiger partial charge in [0.2, 0.25) is 11.8 Å². The van der Waals surface area contributed by atoms with Crippen molar-refractivity contribution in [1.29, 1.82) is 0 Å². The van der Waals surface area contributed by atoms with Crippen LogP contribution in [0.1, 0.15) is 51.0 Å². The molecule has 4 rings (SSSR count). The molecule has 0 radical (unpaired) electrons. The molecular formula is C27H36N2O5S. The summed E-state index contributed by atoms with van der Waals surface area (Å²) >= 11 is 1.84. The molecule has 1 aromatic carbocycles. The van der Waals surface area contributed by atoms with Gasteiger partial charge in [-0.1, -0.05) is 31.1 Å². The van der Waals surface area contributed by atoms with Gasteiger partial charge in [0.15, 0.2) is 0 Å². The second-order valence-corrected chi connectivity index (χ2v) is 10.6. The van der Waals surface area contributed by atoms with Gasteiger partial charge in [-0.05, 0) is 43.9 Å². The van der Waals surface area contributed by atoms with Gasteiger partial charge >= 0.3 is 5.97 Å². The Morgan fingerprint density at radius 2 is 1.86 bits per heavy atom. The lowest BCUT2D eigenvalue weighted by atomic mass is 9.69. The Balaban J connectivity index is 1.72. The topological polar surface area (TPSA) is 76.1 Å². The Morgan fingerprint density at radius 3 is 2.54 bits per heavy atom. The highest BCUT2D eigenvalue weighted by atomic mass is 32.2. The third-order valence-corrected chi connectivity index (χ3v) is 8.34. The van der Waals surface area contributed by atoms with Crippen molar-refractivity contribution in [2.75, 3.05) is 38.3 Å². The maximum Gasteiger partial charge on any atom is 0.318 e. The van der Waals surface area contributed by atoms with Crippen molar-refractivity contribution in [2.45, 2.75) is 52.0 Å². The summed E-state index contributed by atoms with van der Waals surface area (Å²) in [6.45, 7) is 3.76. The number of fused-ring (bicyclic) bond motifs is 1. The molecule has 0 N–H and O–H groups in total. The van der Waals surface area contributed by atoms with Crippen LogP contribution in [0.25, 0.3) is 0 Å². The first kappa shape index (κ1) is 25.6. The van der Waals surface area contributed by atoms with Crippen LogP contribution in [0.5, 0.6) is 5.75 Å². The number of thioether (sulfide) groups is 1. The van der Waals surface area contributed by atoms with E-state index in [2.05, 4.69) is 6.08 Å². The zero-order valence-corrected chi connectivity index (χ0v) is 21.6. The Bertz CT molecular complexity index is 957. The van der Waals surface area contributed by atoms with E-state index in [0.29, 0.717) is 26.1 Å². The minimum Gasteiger partial charge on any atom is -0.497 e. The molecule has 2 amide bonds. The SMILES string of the molecule is CCOC(=O)[C@]12CCCCC/C=C\1N(Cc1ccc(OC)cc1)C(=O)[C@H]2CC(=O)N1CCSCC1. The molecule has 0 bridgehead atoms. The summed E-state index contributed by atoms with van der Waals surface area (Å²) in [7, 11) is 1.62. The van der Waals surface area contributed by atoms with E-state index in [-0.39, 0.29) is 30.8 Å². The van der Waals surface area contributed by atoms with E-state index < -0.39 is 11.3 Å². The largest absolute Gasteiger partial charge is 0.497 e. The highest BCUT2D eigenvalue weighted by molar-refractivity contribution is 7.99. The quantitative estimate of drug-likeness (QED) is 0.527. The molecule has 2 saturated heterocycles.